The predicted molar refractivity (Wildman–Crippen MR) is 91.3 cm³/mol. The number of aromatic nitrogens is 5. The summed E-state index contributed by atoms with van der Waals surface area (Å²) in [6.07, 6.45) is 6.04. The van der Waals surface area contributed by atoms with Gasteiger partial charge in [0.25, 0.3) is 0 Å². The molecule has 3 aromatic heterocycles. The Morgan fingerprint density at radius 2 is 2.35 bits per heavy atom. The number of nitrogens with zero attached hydrogens (tertiary/aromatic N) is 7. The molecule has 0 bridgehead atoms. The van der Waals surface area contributed by atoms with E-state index in [4.69, 9.17) is 0 Å². The number of anilines is 2. The van der Waals surface area contributed by atoms with Gasteiger partial charge in [0, 0.05) is 32.4 Å². The van der Waals surface area contributed by atoms with Crippen LogP contribution in [0.1, 0.15) is 18.5 Å². The molecule has 0 aromatic carbocycles. The first-order valence-electron chi connectivity index (χ1n) is 7.79. The van der Waals surface area contributed by atoms with Crippen LogP contribution in [0.5, 0.6) is 0 Å². The van der Waals surface area contributed by atoms with Crippen molar-refractivity contribution in [2.45, 2.75) is 25.8 Å². The fraction of sp³-hybridized carbons (Fsp3) is 0.467. The third-order valence-electron chi connectivity index (χ3n) is 4.19. The number of aryl methyl sites for hydroxylation is 1. The SMILES string of the molecule is Cc1cn2nc(N(C)CC3CCCN3c3cccnn3)sc2n1. The van der Waals surface area contributed by atoms with Gasteiger partial charge < -0.3 is 9.80 Å². The molecule has 1 fully saturated rings. The smallest absolute Gasteiger partial charge is 0.214 e. The lowest BCUT2D eigenvalue weighted by Gasteiger charge is -2.28. The zero-order chi connectivity index (χ0) is 15.8. The second-order valence-corrected chi connectivity index (χ2v) is 6.88. The highest BCUT2D eigenvalue weighted by Crippen LogP contribution is 2.27. The normalized spacial score (nSPS) is 18.0. The molecule has 0 amide bonds. The number of likely N-dealkylation sites (N-methyl/N-ethyl adjacent to an activating group) is 1. The molecule has 1 aliphatic rings. The molecular weight excluding hydrogens is 310 g/mol. The van der Waals surface area contributed by atoms with E-state index in [0.29, 0.717) is 6.04 Å². The maximum absolute atomic E-state index is 4.63. The van der Waals surface area contributed by atoms with Crippen LogP contribution in [0.3, 0.4) is 0 Å². The van der Waals surface area contributed by atoms with Crippen LogP contribution < -0.4 is 9.80 Å². The minimum atomic E-state index is 0.439. The summed E-state index contributed by atoms with van der Waals surface area (Å²) in [6, 6.07) is 4.42. The van der Waals surface area contributed by atoms with Gasteiger partial charge in [0.1, 0.15) is 0 Å². The largest absolute Gasteiger partial charge is 0.350 e. The van der Waals surface area contributed by atoms with Crippen molar-refractivity contribution in [2.24, 2.45) is 0 Å². The van der Waals surface area contributed by atoms with Gasteiger partial charge >= 0.3 is 0 Å². The molecule has 4 heterocycles. The second kappa shape index (κ2) is 5.77. The van der Waals surface area contributed by atoms with Gasteiger partial charge in [-0.15, -0.1) is 10.2 Å². The van der Waals surface area contributed by atoms with Crippen molar-refractivity contribution in [1.82, 2.24) is 24.8 Å². The second-order valence-electron chi connectivity index (χ2n) is 5.95. The van der Waals surface area contributed by atoms with Gasteiger partial charge in [-0.1, -0.05) is 11.3 Å². The summed E-state index contributed by atoms with van der Waals surface area (Å²) in [5.74, 6) is 0.966. The summed E-state index contributed by atoms with van der Waals surface area (Å²) in [4.78, 5) is 9.99. The monoisotopic (exact) mass is 329 g/mol. The van der Waals surface area contributed by atoms with Gasteiger partial charge in [0.2, 0.25) is 10.1 Å². The van der Waals surface area contributed by atoms with Crippen molar-refractivity contribution in [3.63, 3.8) is 0 Å². The standard InChI is InChI=1S/C15H19N7S/c1-11-9-22-14(17-11)23-15(19-22)20(2)10-12-5-4-8-21(12)13-6-3-7-16-18-13/h3,6-7,9,12H,4-5,8,10H2,1-2H3. The van der Waals surface area contributed by atoms with Crippen LogP contribution in [0, 0.1) is 6.92 Å². The van der Waals surface area contributed by atoms with Crippen LogP contribution in [-0.4, -0.2) is 51.0 Å². The van der Waals surface area contributed by atoms with Crippen LogP contribution in [0.25, 0.3) is 4.96 Å². The molecule has 3 aromatic rings. The Balaban J connectivity index is 1.50. The average molecular weight is 329 g/mol. The van der Waals surface area contributed by atoms with Crippen LogP contribution in [0.4, 0.5) is 10.9 Å². The van der Waals surface area contributed by atoms with E-state index in [9.17, 15) is 0 Å². The van der Waals surface area contributed by atoms with Crippen molar-refractivity contribution in [3.05, 3.63) is 30.2 Å². The van der Waals surface area contributed by atoms with E-state index in [1.165, 1.54) is 12.8 Å². The highest BCUT2D eigenvalue weighted by atomic mass is 32.1. The van der Waals surface area contributed by atoms with E-state index in [-0.39, 0.29) is 0 Å². The van der Waals surface area contributed by atoms with Gasteiger partial charge in [-0.25, -0.2) is 9.50 Å². The van der Waals surface area contributed by atoms with Gasteiger partial charge in [-0.3, -0.25) is 0 Å². The quantitative estimate of drug-likeness (QED) is 0.729. The molecule has 0 radical (unpaired) electrons. The number of imidazole rings is 1. The van der Waals surface area contributed by atoms with Gasteiger partial charge in [-0.05, 0) is 31.9 Å². The molecule has 8 heteroatoms. The van der Waals surface area contributed by atoms with Crippen molar-refractivity contribution < 1.29 is 0 Å². The Morgan fingerprint density at radius 1 is 1.43 bits per heavy atom. The van der Waals surface area contributed by atoms with Crippen LogP contribution in [0.2, 0.25) is 0 Å². The van der Waals surface area contributed by atoms with Crippen molar-refractivity contribution in [1.29, 1.82) is 0 Å². The minimum Gasteiger partial charge on any atom is -0.350 e. The molecule has 0 spiro atoms. The first-order chi connectivity index (χ1) is 11.2. The summed E-state index contributed by atoms with van der Waals surface area (Å²) < 4.78 is 1.86. The Labute approximate surface area is 138 Å². The molecule has 0 N–H and O–H groups in total. The zero-order valence-electron chi connectivity index (χ0n) is 13.3. The summed E-state index contributed by atoms with van der Waals surface area (Å²) in [5.41, 5.74) is 1.00. The van der Waals surface area contributed by atoms with E-state index in [1.54, 1.807) is 17.5 Å². The van der Waals surface area contributed by atoms with Gasteiger partial charge in [0.15, 0.2) is 5.82 Å². The number of hydrogen-bond donors (Lipinski definition) is 0. The third kappa shape index (κ3) is 2.74. The molecule has 120 valence electrons. The number of hydrogen-bond acceptors (Lipinski definition) is 7. The fourth-order valence-corrected chi connectivity index (χ4v) is 4.02. The van der Waals surface area contributed by atoms with Gasteiger partial charge in [-0.2, -0.15) is 5.10 Å². The van der Waals surface area contributed by atoms with E-state index in [0.717, 1.165) is 34.7 Å². The molecular formula is C15H19N7S. The molecule has 0 aliphatic carbocycles. The Hall–Kier alpha value is -2.22. The number of fused-ring (bicyclic) bond motifs is 1. The topological polar surface area (TPSA) is 62.5 Å². The summed E-state index contributed by atoms with van der Waals surface area (Å²) in [6.45, 7) is 3.95. The van der Waals surface area contributed by atoms with E-state index in [1.807, 2.05) is 29.8 Å². The first-order valence-corrected chi connectivity index (χ1v) is 8.60. The van der Waals surface area contributed by atoms with Crippen LogP contribution in [0.15, 0.2) is 24.5 Å². The Morgan fingerprint density at radius 3 is 3.13 bits per heavy atom. The van der Waals surface area contributed by atoms with Crippen LogP contribution in [-0.2, 0) is 0 Å². The van der Waals surface area contributed by atoms with E-state index >= 15 is 0 Å². The lowest BCUT2D eigenvalue weighted by Crippen LogP contribution is -2.39. The molecule has 23 heavy (non-hydrogen) atoms. The van der Waals surface area contributed by atoms with E-state index in [2.05, 4.69) is 37.1 Å². The third-order valence-corrected chi connectivity index (χ3v) is 5.23. The van der Waals surface area contributed by atoms with E-state index < -0.39 is 0 Å². The molecule has 1 aliphatic heterocycles. The van der Waals surface area contributed by atoms with Crippen LogP contribution >= 0.6 is 11.3 Å². The average Bonchev–Trinajstić information content (AvgIpc) is 3.22. The summed E-state index contributed by atoms with van der Waals surface area (Å²) in [5, 5.41) is 13.9. The highest BCUT2D eigenvalue weighted by Gasteiger charge is 2.27. The molecule has 1 saturated heterocycles. The van der Waals surface area contributed by atoms with Gasteiger partial charge in [0.05, 0.1) is 11.9 Å². The lowest BCUT2D eigenvalue weighted by atomic mass is 10.2. The zero-order valence-corrected chi connectivity index (χ0v) is 14.1. The molecule has 1 unspecified atom stereocenters. The summed E-state index contributed by atoms with van der Waals surface area (Å²) >= 11 is 1.63. The number of rotatable bonds is 4. The fourth-order valence-electron chi connectivity index (χ4n) is 3.12. The molecule has 4 rings (SSSR count). The molecule has 0 saturated carbocycles. The lowest BCUT2D eigenvalue weighted by molar-refractivity contribution is 0.644. The Bertz CT molecular complexity index is 765. The van der Waals surface area contributed by atoms with Crippen molar-refractivity contribution in [3.8, 4) is 0 Å². The summed E-state index contributed by atoms with van der Waals surface area (Å²) in [7, 11) is 2.10. The maximum Gasteiger partial charge on any atom is 0.214 e. The maximum atomic E-state index is 4.63. The minimum absolute atomic E-state index is 0.439. The molecule has 1 atom stereocenters. The first kappa shape index (κ1) is 14.4. The van der Waals surface area contributed by atoms with Crippen molar-refractivity contribution >= 4 is 27.2 Å². The predicted octanol–water partition coefficient (Wildman–Crippen LogP) is 1.99. The highest BCUT2D eigenvalue weighted by molar-refractivity contribution is 7.20. The molecule has 7 nitrogen and oxygen atoms in total. The van der Waals surface area contributed by atoms with Crippen molar-refractivity contribution in [2.75, 3.05) is 29.9 Å². The Kier molecular flexibility index (Phi) is 3.60.